The molecule has 1 aliphatic heterocycles. The van der Waals surface area contributed by atoms with Crippen molar-refractivity contribution in [3.8, 4) is 0 Å². The van der Waals surface area contributed by atoms with Gasteiger partial charge in [0, 0.05) is 20.0 Å². The summed E-state index contributed by atoms with van der Waals surface area (Å²) in [6, 6.07) is 12.7. The molecule has 8 nitrogen and oxygen atoms in total. The van der Waals surface area contributed by atoms with E-state index in [1.54, 1.807) is 19.1 Å². The van der Waals surface area contributed by atoms with Crippen LogP contribution >= 0.6 is 0 Å². The first kappa shape index (κ1) is 21.9. The minimum atomic E-state index is -3.30. The number of amides is 2. The van der Waals surface area contributed by atoms with E-state index in [0.717, 1.165) is 5.56 Å². The van der Waals surface area contributed by atoms with Crippen molar-refractivity contribution in [1.82, 2.24) is 9.29 Å². The lowest BCUT2D eigenvalue weighted by Gasteiger charge is -2.40. The Hall–Kier alpha value is -2.78. The SMILES string of the molecule is CCS(=O)(=O)N1CCC(C(=O)Nc2ccc(NC(C)=O)cn2)(c2ccccc2)CC1. The van der Waals surface area contributed by atoms with Crippen LogP contribution in [0.5, 0.6) is 0 Å². The molecule has 0 saturated carbocycles. The molecule has 0 aliphatic carbocycles. The Labute approximate surface area is 176 Å². The van der Waals surface area contributed by atoms with Crippen LogP contribution in [0.15, 0.2) is 48.7 Å². The maximum absolute atomic E-state index is 13.4. The number of anilines is 2. The molecule has 1 fully saturated rings. The molecular weight excluding hydrogens is 404 g/mol. The van der Waals surface area contributed by atoms with Crippen LogP contribution in [0.25, 0.3) is 0 Å². The maximum Gasteiger partial charge on any atom is 0.236 e. The number of sulfonamides is 1. The lowest BCUT2D eigenvalue weighted by Crippen LogP contribution is -2.51. The highest BCUT2D eigenvalue weighted by Crippen LogP contribution is 2.37. The Kier molecular flexibility index (Phi) is 6.52. The molecule has 2 N–H and O–H groups in total. The van der Waals surface area contributed by atoms with Crippen LogP contribution in [0.4, 0.5) is 11.5 Å². The molecule has 3 rings (SSSR count). The highest BCUT2D eigenvalue weighted by molar-refractivity contribution is 7.89. The number of aromatic nitrogens is 1. The predicted molar refractivity (Wildman–Crippen MR) is 116 cm³/mol. The molecule has 0 unspecified atom stereocenters. The van der Waals surface area contributed by atoms with Gasteiger partial charge < -0.3 is 10.6 Å². The van der Waals surface area contributed by atoms with Gasteiger partial charge in [-0.3, -0.25) is 9.59 Å². The Morgan fingerprint density at radius 1 is 1.07 bits per heavy atom. The fourth-order valence-corrected chi connectivity index (χ4v) is 4.82. The molecule has 9 heteroatoms. The van der Waals surface area contributed by atoms with Gasteiger partial charge >= 0.3 is 0 Å². The fraction of sp³-hybridized carbons (Fsp3) is 0.381. The average molecular weight is 431 g/mol. The molecule has 2 heterocycles. The second-order valence-corrected chi connectivity index (χ2v) is 9.57. The Bertz CT molecular complexity index is 999. The Morgan fingerprint density at radius 3 is 2.27 bits per heavy atom. The van der Waals surface area contributed by atoms with Crippen molar-refractivity contribution in [3.05, 3.63) is 54.2 Å². The first-order valence-electron chi connectivity index (χ1n) is 9.85. The lowest BCUT2D eigenvalue weighted by atomic mass is 9.72. The Balaban J connectivity index is 1.83. The van der Waals surface area contributed by atoms with E-state index >= 15 is 0 Å². The predicted octanol–water partition coefficient (Wildman–Crippen LogP) is 2.36. The van der Waals surface area contributed by atoms with Crippen LogP contribution in [0.1, 0.15) is 32.3 Å². The van der Waals surface area contributed by atoms with E-state index in [-0.39, 0.29) is 30.7 Å². The molecule has 1 aromatic heterocycles. The van der Waals surface area contributed by atoms with Crippen molar-refractivity contribution in [2.24, 2.45) is 0 Å². The monoisotopic (exact) mass is 430 g/mol. The van der Waals surface area contributed by atoms with Gasteiger partial charge in [0.25, 0.3) is 0 Å². The van der Waals surface area contributed by atoms with Crippen LogP contribution in [0, 0.1) is 0 Å². The van der Waals surface area contributed by atoms with Crippen molar-refractivity contribution >= 4 is 33.3 Å². The summed E-state index contributed by atoms with van der Waals surface area (Å²) in [7, 11) is -3.30. The van der Waals surface area contributed by atoms with Crippen molar-refractivity contribution < 1.29 is 18.0 Å². The molecule has 2 amide bonds. The third-order valence-corrected chi connectivity index (χ3v) is 7.30. The van der Waals surface area contributed by atoms with E-state index in [1.807, 2.05) is 30.3 Å². The summed E-state index contributed by atoms with van der Waals surface area (Å²) in [5.74, 6) is -0.0114. The number of rotatable bonds is 6. The number of pyridine rings is 1. The summed E-state index contributed by atoms with van der Waals surface area (Å²) in [5.41, 5.74) is 0.543. The molecule has 2 aromatic rings. The smallest absolute Gasteiger partial charge is 0.236 e. The van der Waals surface area contributed by atoms with E-state index in [2.05, 4.69) is 15.6 Å². The Morgan fingerprint density at radius 2 is 1.73 bits per heavy atom. The van der Waals surface area contributed by atoms with E-state index in [0.29, 0.717) is 24.3 Å². The number of carbonyl (C=O) groups is 2. The summed E-state index contributed by atoms with van der Waals surface area (Å²) in [5, 5.41) is 5.50. The van der Waals surface area contributed by atoms with Crippen molar-refractivity contribution in [3.63, 3.8) is 0 Å². The molecule has 0 bridgehead atoms. The van der Waals surface area contributed by atoms with Gasteiger partial charge in [-0.05, 0) is 37.5 Å². The zero-order valence-electron chi connectivity index (χ0n) is 17.1. The fourth-order valence-electron chi connectivity index (χ4n) is 3.71. The summed E-state index contributed by atoms with van der Waals surface area (Å²) in [6.45, 7) is 3.60. The van der Waals surface area contributed by atoms with Gasteiger partial charge in [-0.1, -0.05) is 30.3 Å². The minimum absolute atomic E-state index is 0.0438. The lowest BCUT2D eigenvalue weighted by molar-refractivity contribution is -0.123. The summed E-state index contributed by atoms with van der Waals surface area (Å²) >= 11 is 0. The van der Waals surface area contributed by atoms with E-state index in [9.17, 15) is 18.0 Å². The van der Waals surface area contributed by atoms with Crippen molar-refractivity contribution in [2.75, 3.05) is 29.5 Å². The first-order chi connectivity index (χ1) is 14.3. The van der Waals surface area contributed by atoms with E-state index < -0.39 is 15.4 Å². The van der Waals surface area contributed by atoms with Gasteiger partial charge in [0.1, 0.15) is 5.82 Å². The topological polar surface area (TPSA) is 108 Å². The number of hydrogen-bond acceptors (Lipinski definition) is 5. The quantitative estimate of drug-likeness (QED) is 0.731. The van der Waals surface area contributed by atoms with Crippen LogP contribution in [-0.2, 0) is 25.0 Å². The van der Waals surface area contributed by atoms with Crippen LogP contribution < -0.4 is 10.6 Å². The van der Waals surface area contributed by atoms with Gasteiger partial charge in [0.2, 0.25) is 21.8 Å². The van der Waals surface area contributed by atoms with E-state index in [4.69, 9.17) is 0 Å². The highest BCUT2D eigenvalue weighted by atomic mass is 32.2. The zero-order valence-corrected chi connectivity index (χ0v) is 17.9. The molecule has 1 aromatic carbocycles. The average Bonchev–Trinajstić information content (AvgIpc) is 2.75. The number of hydrogen-bond donors (Lipinski definition) is 2. The molecule has 1 aliphatic rings. The number of nitrogens with zero attached hydrogens (tertiary/aromatic N) is 2. The molecular formula is C21H26N4O4S. The number of carbonyl (C=O) groups excluding carboxylic acids is 2. The molecule has 0 radical (unpaired) electrons. The van der Waals surface area contributed by atoms with Crippen LogP contribution in [-0.4, -0.2) is 48.4 Å². The minimum Gasteiger partial charge on any atom is -0.325 e. The molecule has 1 saturated heterocycles. The summed E-state index contributed by atoms with van der Waals surface area (Å²) < 4.78 is 26.0. The molecule has 0 spiro atoms. The zero-order chi connectivity index (χ0) is 21.8. The largest absolute Gasteiger partial charge is 0.325 e. The number of piperidine rings is 1. The van der Waals surface area contributed by atoms with Gasteiger partial charge in [0.15, 0.2) is 0 Å². The van der Waals surface area contributed by atoms with Crippen LogP contribution in [0.2, 0.25) is 0 Å². The molecule has 0 atom stereocenters. The third-order valence-electron chi connectivity index (χ3n) is 5.42. The van der Waals surface area contributed by atoms with Gasteiger partial charge in [-0.15, -0.1) is 0 Å². The van der Waals surface area contributed by atoms with E-state index in [1.165, 1.54) is 17.4 Å². The second-order valence-electron chi connectivity index (χ2n) is 7.32. The maximum atomic E-state index is 13.4. The normalized spacial score (nSPS) is 16.6. The summed E-state index contributed by atoms with van der Waals surface area (Å²) in [6.07, 6.45) is 2.24. The number of nitrogens with one attached hydrogen (secondary N) is 2. The van der Waals surface area contributed by atoms with Crippen molar-refractivity contribution in [1.29, 1.82) is 0 Å². The highest BCUT2D eigenvalue weighted by Gasteiger charge is 2.44. The van der Waals surface area contributed by atoms with Crippen LogP contribution in [0.3, 0.4) is 0 Å². The van der Waals surface area contributed by atoms with Gasteiger partial charge in [-0.25, -0.2) is 17.7 Å². The van der Waals surface area contributed by atoms with Gasteiger partial charge in [0.05, 0.1) is 23.1 Å². The molecule has 160 valence electrons. The number of benzene rings is 1. The third kappa shape index (κ3) is 4.68. The summed E-state index contributed by atoms with van der Waals surface area (Å²) in [4.78, 5) is 28.7. The second kappa shape index (κ2) is 8.93. The standard InChI is InChI=1S/C21H26N4O4S/c1-3-30(28,29)25-13-11-21(12-14-25,17-7-5-4-6-8-17)20(27)24-19-10-9-18(15-22-19)23-16(2)26/h4-10,15H,3,11-14H2,1-2H3,(H,23,26)(H,22,24,27). The first-order valence-corrected chi connectivity index (χ1v) is 11.5. The van der Waals surface area contributed by atoms with Gasteiger partial charge in [-0.2, -0.15) is 0 Å². The molecule has 30 heavy (non-hydrogen) atoms. The van der Waals surface area contributed by atoms with Crippen molar-refractivity contribution in [2.45, 2.75) is 32.1 Å².